The normalized spacial score (nSPS) is 17.2. The van der Waals surface area contributed by atoms with Crippen LogP contribution in [0.5, 0.6) is 17.2 Å². The maximum atomic E-state index is 14.1. The Bertz CT molecular complexity index is 3000. The van der Waals surface area contributed by atoms with Crippen molar-refractivity contribution in [2.24, 2.45) is 0 Å². The molecule has 6 heterocycles. The van der Waals surface area contributed by atoms with E-state index in [0.717, 1.165) is 61.3 Å². The second kappa shape index (κ2) is 17.4. The van der Waals surface area contributed by atoms with E-state index < -0.39 is 23.4 Å². The van der Waals surface area contributed by atoms with Gasteiger partial charge in [0, 0.05) is 68.9 Å². The molecule has 1 fully saturated rings. The maximum absolute atomic E-state index is 14.1. The molecule has 6 aromatic rings. The number of carbonyl (C=O) groups is 2. The van der Waals surface area contributed by atoms with Crippen molar-refractivity contribution < 1.29 is 34.4 Å². The number of aromatic nitrogens is 5. The number of cyclic esters (lactones) is 1. The number of amides is 1. The highest BCUT2D eigenvalue weighted by molar-refractivity contribution is 5.90. The number of aromatic amines is 1. The van der Waals surface area contributed by atoms with Gasteiger partial charge in [-0.3, -0.25) is 9.69 Å². The predicted octanol–water partition coefficient (Wildman–Crippen LogP) is 5.71. The van der Waals surface area contributed by atoms with Gasteiger partial charge in [0.1, 0.15) is 23.9 Å². The van der Waals surface area contributed by atoms with Crippen LogP contribution in [-0.4, -0.2) is 113 Å². The molecule has 17 heteroatoms. The highest BCUT2D eigenvalue weighted by Gasteiger charge is 2.51. The van der Waals surface area contributed by atoms with Crippen LogP contribution in [0.1, 0.15) is 79.8 Å². The van der Waals surface area contributed by atoms with E-state index in [9.17, 15) is 34.5 Å². The fourth-order valence-corrected chi connectivity index (χ4v) is 9.69. The van der Waals surface area contributed by atoms with E-state index >= 15 is 0 Å². The largest absolute Gasteiger partial charge is 0.508 e. The van der Waals surface area contributed by atoms with Crippen LogP contribution in [0.25, 0.3) is 39.4 Å². The molecule has 0 bridgehead atoms. The van der Waals surface area contributed by atoms with Gasteiger partial charge in [0.2, 0.25) is 5.60 Å². The molecule has 0 radical (unpaired) electrons. The molecule has 17 nitrogen and oxygen atoms in total. The minimum atomic E-state index is -1.82. The fraction of sp³-hybridized carbons (Fsp3) is 0.388. The highest BCUT2D eigenvalue weighted by Crippen LogP contribution is 2.43. The molecule has 1 saturated heterocycles. The number of hydrogen-bond donors (Lipinski definition) is 4. The molecule has 3 aliphatic rings. The third-order valence-corrected chi connectivity index (χ3v) is 13.4. The van der Waals surface area contributed by atoms with Gasteiger partial charge in [-0.2, -0.15) is 5.10 Å². The Labute approximate surface area is 380 Å². The van der Waals surface area contributed by atoms with E-state index in [1.54, 1.807) is 48.9 Å². The molecule has 3 aromatic carbocycles. The van der Waals surface area contributed by atoms with Crippen LogP contribution in [0, 0.1) is 0 Å². The summed E-state index contributed by atoms with van der Waals surface area (Å²) in [5.41, 5.74) is 4.34. The van der Waals surface area contributed by atoms with Crippen molar-refractivity contribution in [3.05, 3.63) is 115 Å². The van der Waals surface area contributed by atoms with Crippen molar-refractivity contribution in [3.63, 3.8) is 0 Å². The summed E-state index contributed by atoms with van der Waals surface area (Å²) in [7, 11) is 1.64. The molecule has 3 aliphatic heterocycles. The van der Waals surface area contributed by atoms with E-state index in [4.69, 9.17) is 14.5 Å². The van der Waals surface area contributed by atoms with Crippen LogP contribution >= 0.6 is 0 Å². The Hall–Kier alpha value is -6.98. The second-order valence-corrected chi connectivity index (χ2v) is 17.7. The number of benzene rings is 3. The first kappa shape index (κ1) is 44.2. The van der Waals surface area contributed by atoms with Crippen LogP contribution in [0.3, 0.4) is 0 Å². The quantitative estimate of drug-likeness (QED) is 0.109. The van der Waals surface area contributed by atoms with Crippen molar-refractivity contribution >= 4 is 23.0 Å². The summed E-state index contributed by atoms with van der Waals surface area (Å²) in [6, 6.07) is 17.4. The number of ether oxygens (including phenoxy) is 2. The molecule has 3 aromatic heterocycles. The lowest BCUT2D eigenvalue weighted by Crippen LogP contribution is -2.49. The van der Waals surface area contributed by atoms with Crippen LogP contribution < -0.4 is 11.2 Å². The number of H-pyrrole nitrogens is 1. The third-order valence-electron chi connectivity index (χ3n) is 13.4. The van der Waals surface area contributed by atoms with Crippen LogP contribution in [0.2, 0.25) is 0 Å². The predicted molar refractivity (Wildman–Crippen MR) is 246 cm³/mol. The summed E-state index contributed by atoms with van der Waals surface area (Å²) in [6.45, 7) is 12.9. The minimum Gasteiger partial charge on any atom is -0.508 e. The Morgan fingerprint density at radius 3 is 2.39 bits per heavy atom. The number of esters is 1. The lowest BCUT2D eigenvalue weighted by molar-refractivity contribution is -0.173. The highest BCUT2D eigenvalue weighted by atomic mass is 16.6. The molecule has 9 rings (SSSR count). The summed E-state index contributed by atoms with van der Waals surface area (Å²) in [6.07, 6.45) is 0.697. The summed E-state index contributed by atoms with van der Waals surface area (Å²) in [5.74, 6) is -0.563. The smallest absolute Gasteiger partial charge is 0.410 e. The molecule has 4 N–H and O–H groups in total. The van der Waals surface area contributed by atoms with E-state index in [1.165, 1.54) is 15.5 Å². The number of carbonyl (C=O) groups excluding carboxylic acids is 2. The van der Waals surface area contributed by atoms with Crippen molar-refractivity contribution in [1.29, 1.82) is 0 Å². The van der Waals surface area contributed by atoms with Gasteiger partial charge in [0.25, 0.3) is 5.56 Å². The number of hydrogen-bond acceptors (Lipinski definition) is 13. The molecule has 66 heavy (non-hydrogen) atoms. The van der Waals surface area contributed by atoms with Crippen LogP contribution in [-0.2, 0) is 46.0 Å². The van der Waals surface area contributed by atoms with Gasteiger partial charge >= 0.3 is 17.8 Å². The van der Waals surface area contributed by atoms with Crippen molar-refractivity contribution in [2.75, 3.05) is 46.3 Å². The summed E-state index contributed by atoms with van der Waals surface area (Å²) >= 11 is 0. The topological polar surface area (TPSA) is 209 Å². The SMILES string of the molecule is CCc1c2c(nc3ccc(O)cc13)-c1cc3c(c(=O)n1C2)COC(=O)[C@@]3(CC)OC(=O)N(C)CCCN1CCN(Cc2ccc(-n3c(-c4cc(C(C)C)c(O)cc4O)n[nH]c3=O)cc2)CC1. The van der Waals surface area contributed by atoms with Crippen molar-refractivity contribution in [2.45, 2.75) is 78.2 Å². The van der Waals surface area contributed by atoms with Gasteiger partial charge in [0.05, 0.1) is 40.3 Å². The first-order valence-electron chi connectivity index (χ1n) is 22.5. The lowest BCUT2D eigenvalue weighted by Gasteiger charge is -2.37. The van der Waals surface area contributed by atoms with Gasteiger partial charge in [-0.15, -0.1) is 0 Å². The zero-order valence-corrected chi connectivity index (χ0v) is 37.8. The Morgan fingerprint density at radius 1 is 0.939 bits per heavy atom. The van der Waals surface area contributed by atoms with Gasteiger partial charge in [-0.1, -0.05) is 39.8 Å². The van der Waals surface area contributed by atoms with E-state index in [1.807, 2.05) is 45.0 Å². The first-order chi connectivity index (χ1) is 31.7. The van der Waals surface area contributed by atoms with Crippen LogP contribution in [0.15, 0.2) is 70.3 Å². The number of fused-ring (bicyclic) bond motifs is 5. The summed E-state index contributed by atoms with van der Waals surface area (Å²) in [4.78, 5) is 65.6. The number of phenolic OH excluding ortho intramolecular Hbond substituents is 3. The van der Waals surface area contributed by atoms with Crippen LogP contribution in [0.4, 0.5) is 4.79 Å². The zero-order chi connectivity index (χ0) is 46.6. The van der Waals surface area contributed by atoms with Crippen molar-refractivity contribution in [1.82, 2.24) is 39.0 Å². The average molecular weight is 899 g/mol. The monoisotopic (exact) mass is 898 g/mol. The zero-order valence-electron chi connectivity index (χ0n) is 37.8. The third kappa shape index (κ3) is 7.74. The average Bonchev–Trinajstić information content (AvgIpc) is 3.87. The standard InChI is InChI=1S/C49H54N8O9/c1-6-32-34-21-31(58)13-14-39(34)50-43-36(32)26-56-40(43)23-38-37(45(56)61)27-65-46(62)49(38,7-2)66-48(64)53(5)15-8-16-54-17-19-55(20-18-54)25-29-9-11-30(12-10-29)57-44(51-52-47(57)63)35-22-33(28(3)4)41(59)24-42(35)60/h9-14,21-24,28,58-60H,6-8,15-20,25-27H2,1-5H3,(H,52,63)/t49-/m0/s1. The van der Waals surface area contributed by atoms with Gasteiger partial charge in [-0.25, -0.2) is 29.0 Å². The molecule has 344 valence electrons. The number of phenols is 3. The molecule has 0 spiro atoms. The first-order valence-corrected chi connectivity index (χ1v) is 22.5. The molecule has 0 aliphatic carbocycles. The fourth-order valence-electron chi connectivity index (χ4n) is 9.69. The number of piperazine rings is 1. The van der Waals surface area contributed by atoms with Gasteiger partial charge in [0.15, 0.2) is 5.82 Å². The number of aryl methyl sites for hydroxylation is 1. The number of aromatic hydroxyl groups is 3. The molecular formula is C49H54N8O9. The van der Waals surface area contributed by atoms with Gasteiger partial charge in [-0.05, 0) is 90.9 Å². The summed E-state index contributed by atoms with van der Waals surface area (Å²) in [5, 5.41) is 38.8. The Morgan fingerprint density at radius 2 is 1.68 bits per heavy atom. The maximum Gasteiger partial charge on any atom is 0.410 e. The minimum absolute atomic E-state index is 0.0142. The molecule has 0 saturated carbocycles. The molecule has 1 atom stereocenters. The number of rotatable bonds is 12. The van der Waals surface area contributed by atoms with Gasteiger partial charge < -0.3 is 39.2 Å². The molecule has 0 unspecified atom stereocenters. The van der Waals surface area contributed by atoms with Crippen molar-refractivity contribution in [3.8, 4) is 45.7 Å². The molecular weight excluding hydrogens is 845 g/mol. The number of nitrogens with one attached hydrogen (secondary N) is 1. The Kier molecular flexibility index (Phi) is 11.7. The summed E-state index contributed by atoms with van der Waals surface area (Å²) < 4.78 is 14.7. The number of nitrogens with zero attached hydrogens (tertiary/aromatic N) is 7. The second-order valence-electron chi connectivity index (χ2n) is 17.7. The molecule has 1 amide bonds. The van der Waals surface area contributed by atoms with E-state index in [-0.39, 0.29) is 59.7 Å². The lowest BCUT2D eigenvalue weighted by atomic mass is 9.85. The number of pyridine rings is 2. The van der Waals surface area contributed by atoms with E-state index in [2.05, 4.69) is 20.0 Å². The van der Waals surface area contributed by atoms with E-state index in [0.29, 0.717) is 58.7 Å². The Balaban J connectivity index is 0.810.